The van der Waals surface area contributed by atoms with Crippen LogP contribution in [-0.2, 0) is 13.1 Å². The molecule has 0 saturated heterocycles. The third-order valence-electron chi connectivity index (χ3n) is 3.72. The number of nitrogens with zero attached hydrogens (tertiary/aromatic N) is 2. The van der Waals surface area contributed by atoms with Crippen LogP contribution in [-0.4, -0.2) is 27.1 Å². The van der Waals surface area contributed by atoms with Crippen LogP contribution < -0.4 is 15.5 Å². The van der Waals surface area contributed by atoms with Crippen LogP contribution in [0.15, 0.2) is 47.5 Å². The van der Waals surface area contributed by atoms with Crippen molar-refractivity contribution in [1.82, 2.24) is 10.6 Å². The van der Waals surface area contributed by atoms with Crippen molar-refractivity contribution in [2.45, 2.75) is 20.0 Å². The first kappa shape index (κ1) is 21.2. The average molecular weight is 456 g/mol. The van der Waals surface area contributed by atoms with Gasteiger partial charge in [-0.15, -0.1) is 24.0 Å². The van der Waals surface area contributed by atoms with E-state index in [-0.39, 0.29) is 29.8 Å². The number of benzene rings is 2. The fourth-order valence-electron chi connectivity index (χ4n) is 2.44. The fraction of sp³-hybridized carbons (Fsp3) is 0.316. The number of guanidine groups is 1. The predicted molar refractivity (Wildman–Crippen MR) is 114 cm³/mol. The summed E-state index contributed by atoms with van der Waals surface area (Å²) in [6, 6.07) is 13.6. The van der Waals surface area contributed by atoms with E-state index in [2.05, 4.69) is 40.7 Å². The molecule has 2 rings (SSSR count). The summed E-state index contributed by atoms with van der Waals surface area (Å²) in [5.41, 5.74) is 3.88. The number of anilines is 1. The van der Waals surface area contributed by atoms with Crippen LogP contribution in [0.1, 0.15) is 16.7 Å². The number of aliphatic imine (C=N–C) groups is 1. The summed E-state index contributed by atoms with van der Waals surface area (Å²) in [4.78, 5) is 5.96. The van der Waals surface area contributed by atoms with Gasteiger partial charge in [0.05, 0.1) is 5.69 Å². The molecule has 0 unspecified atom stereocenters. The number of aryl methyl sites for hydroxylation is 1. The molecular formula is C19H26FIN4. The minimum Gasteiger partial charge on any atom is -0.375 e. The van der Waals surface area contributed by atoms with Gasteiger partial charge >= 0.3 is 0 Å². The van der Waals surface area contributed by atoms with Gasteiger partial charge in [0.1, 0.15) is 5.82 Å². The first-order chi connectivity index (χ1) is 11.5. The van der Waals surface area contributed by atoms with Gasteiger partial charge in [-0.05, 0) is 30.2 Å². The molecule has 4 nitrogen and oxygen atoms in total. The van der Waals surface area contributed by atoms with Crippen molar-refractivity contribution < 1.29 is 4.39 Å². The highest BCUT2D eigenvalue weighted by atomic mass is 127. The molecule has 0 aliphatic heterocycles. The first-order valence-corrected chi connectivity index (χ1v) is 7.95. The van der Waals surface area contributed by atoms with Crippen LogP contribution in [0.3, 0.4) is 0 Å². The van der Waals surface area contributed by atoms with Gasteiger partial charge in [-0.1, -0.05) is 35.9 Å². The second kappa shape index (κ2) is 10.2. The van der Waals surface area contributed by atoms with Gasteiger partial charge in [0.25, 0.3) is 0 Å². The Balaban J connectivity index is 0.00000312. The Labute approximate surface area is 166 Å². The normalized spacial score (nSPS) is 10.8. The summed E-state index contributed by atoms with van der Waals surface area (Å²) in [6.45, 7) is 3.27. The van der Waals surface area contributed by atoms with Gasteiger partial charge in [0.2, 0.25) is 0 Å². The summed E-state index contributed by atoms with van der Waals surface area (Å²) < 4.78 is 14.0. The lowest BCUT2D eigenvalue weighted by atomic mass is 10.1. The maximum absolute atomic E-state index is 14.0. The van der Waals surface area contributed by atoms with Gasteiger partial charge in [-0.2, -0.15) is 0 Å². The lowest BCUT2D eigenvalue weighted by Crippen LogP contribution is -2.36. The van der Waals surface area contributed by atoms with Crippen molar-refractivity contribution in [3.8, 4) is 0 Å². The van der Waals surface area contributed by atoms with E-state index >= 15 is 0 Å². The number of hydrogen-bond donors (Lipinski definition) is 2. The van der Waals surface area contributed by atoms with Crippen LogP contribution in [0.4, 0.5) is 10.1 Å². The minimum atomic E-state index is -0.220. The Bertz CT molecular complexity index is 716. The topological polar surface area (TPSA) is 39.7 Å². The minimum absolute atomic E-state index is 0. The number of nitrogens with one attached hydrogen (secondary N) is 2. The van der Waals surface area contributed by atoms with E-state index < -0.39 is 0 Å². The summed E-state index contributed by atoms with van der Waals surface area (Å²) in [5.74, 6) is 0.468. The van der Waals surface area contributed by atoms with Gasteiger partial charge in [-0.3, -0.25) is 4.99 Å². The van der Waals surface area contributed by atoms with Crippen LogP contribution >= 0.6 is 24.0 Å². The van der Waals surface area contributed by atoms with Crippen LogP contribution in [0.5, 0.6) is 0 Å². The second-order valence-corrected chi connectivity index (χ2v) is 5.95. The highest BCUT2D eigenvalue weighted by molar-refractivity contribution is 14.0. The molecule has 0 saturated carbocycles. The van der Waals surface area contributed by atoms with Crippen LogP contribution in [0.25, 0.3) is 0 Å². The Hall–Kier alpha value is -1.83. The maximum Gasteiger partial charge on any atom is 0.191 e. The molecule has 2 aromatic rings. The molecule has 25 heavy (non-hydrogen) atoms. The van der Waals surface area contributed by atoms with Crippen molar-refractivity contribution in [1.29, 1.82) is 0 Å². The lowest BCUT2D eigenvalue weighted by molar-refractivity contribution is 0.623. The molecule has 0 fully saturated rings. The van der Waals surface area contributed by atoms with E-state index in [0.717, 1.165) is 5.56 Å². The van der Waals surface area contributed by atoms with E-state index in [1.807, 2.05) is 26.2 Å². The molecule has 0 atom stereocenters. The molecule has 0 spiro atoms. The molecule has 2 aromatic carbocycles. The molecule has 0 radical (unpaired) electrons. The van der Waals surface area contributed by atoms with E-state index in [1.165, 1.54) is 11.1 Å². The lowest BCUT2D eigenvalue weighted by Gasteiger charge is -2.15. The molecular weight excluding hydrogens is 430 g/mol. The Morgan fingerprint density at radius 1 is 1.04 bits per heavy atom. The average Bonchev–Trinajstić information content (AvgIpc) is 2.55. The maximum atomic E-state index is 14.0. The highest BCUT2D eigenvalue weighted by Gasteiger charge is 2.06. The van der Waals surface area contributed by atoms with Crippen molar-refractivity contribution in [3.63, 3.8) is 0 Å². The Morgan fingerprint density at radius 3 is 2.20 bits per heavy atom. The van der Waals surface area contributed by atoms with Crippen molar-refractivity contribution in [3.05, 3.63) is 65.0 Å². The SMILES string of the molecule is CN=C(NCc1cccc(C)c1)NCc1ccc(N(C)C)c(F)c1.I. The molecule has 0 amide bonds. The molecule has 0 aromatic heterocycles. The quantitative estimate of drug-likeness (QED) is 0.410. The number of rotatable bonds is 5. The van der Waals surface area contributed by atoms with E-state index in [4.69, 9.17) is 0 Å². The van der Waals surface area contributed by atoms with Crippen molar-refractivity contribution in [2.75, 3.05) is 26.0 Å². The van der Waals surface area contributed by atoms with E-state index in [1.54, 1.807) is 24.1 Å². The molecule has 0 aliphatic carbocycles. The van der Waals surface area contributed by atoms with E-state index in [0.29, 0.717) is 24.7 Å². The summed E-state index contributed by atoms with van der Waals surface area (Å²) in [7, 11) is 5.38. The Morgan fingerprint density at radius 2 is 1.68 bits per heavy atom. The zero-order chi connectivity index (χ0) is 17.5. The zero-order valence-electron chi connectivity index (χ0n) is 15.1. The largest absolute Gasteiger partial charge is 0.375 e. The number of hydrogen-bond acceptors (Lipinski definition) is 2. The monoisotopic (exact) mass is 456 g/mol. The molecule has 6 heteroatoms. The Kier molecular flexibility index (Phi) is 8.68. The molecule has 0 aliphatic rings. The summed E-state index contributed by atoms with van der Waals surface area (Å²) in [6.07, 6.45) is 0. The first-order valence-electron chi connectivity index (χ1n) is 7.95. The predicted octanol–water partition coefficient (Wildman–Crippen LogP) is 3.68. The molecule has 2 N–H and O–H groups in total. The third kappa shape index (κ3) is 6.53. The third-order valence-corrected chi connectivity index (χ3v) is 3.72. The smallest absolute Gasteiger partial charge is 0.191 e. The summed E-state index contributed by atoms with van der Waals surface area (Å²) >= 11 is 0. The highest BCUT2D eigenvalue weighted by Crippen LogP contribution is 2.18. The van der Waals surface area contributed by atoms with Gasteiger partial charge in [0.15, 0.2) is 5.96 Å². The van der Waals surface area contributed by atoms with Gasteiger partial charge < -0.3 is 15.5 Å². The van der Waals surface area contributed by atoms with Gasteiger partial charge in [0, 0.05) is 34.2 Å². The second-order valence-electron chi connectivity index (χ2n) is 5.95. The van der Waals surface area contributed by atoms with Crippen LogP contribution in [0.2, 0.25) is 0 Å². The van der Waals surface area contributed by atoms with Crippen molar-refractivity contribution >= 4 is 35.6 Å². The fourth-order valence-corrected chi connectivity index (χ4v) is 2.44. The zero-order valence-corrected chi connectivity index (χ0v) is 17.5. The van der Waals surface area contributed by atoms with Crippen LogP contribution in [0, 0.1) is 12.7 Å². The molecule has 136 valence electrons. The standard InChI is InChI=1S/C19H25FN4.HI/c1-14-6-5-7-15(10-14)12-22-19(21-2)23-13-16-8-9-18(24(3)4)17(20)11-16;/h5-11H,12-13H2,1-4H3,(H2,21,22,23);1H. The molecule has 0 bridgehead atoms. The van der Waals surface area contributed by atoms with Gasteiger partial charge in [-0.25, -0.2) is 4.39 Å². The number of halogens is 2. The summed E-state index contributed by atoms with van der Waals surface area (Å²) in [5, 5.41) is 6.47. The van der Waals surface area contributed by atoms with Crippen molar-refractivity contribution in [2.24, 2.45) is 4.99 Å². The molecule has 0 heterocycles. The van der Waals surface area contributed by atoms with E-state index in [9.17, 15) is 4.39 Å².